The molecule has 0 aromatic heterocycles. The number of urea groups is 1. The molecule has 14 heavy (non-hydrogen) atoms. The van der Waals surface area contributed by atoms with Gasteiger partial charge in [-0.2, -0.15) is 11.8 Å². The molecule has 1 fully saturated rings. The third kappa shape index (κ3) is 3.21. The normalized spacial score (nSPS) is 16.6. The molecule has 0 unspecified atom stereocenters. The lowest BCUT2D eigenvalue weighted by Gasteiger charge is -2.12. The molecule has 5 heteroatoms. The first-order valence-corrected chi connectivity index (χ1v) is 5.86. The summed E-state index contributed by atoms with van der Waals surface area (Å²) in [5.74, 6) is 0.888. The molecule has 0 bridgehead atoms. The van der Waals surface area contributed by atoms with Crippen molar-refractivity contribution in [2.45, 2.75) is 25.5 Å². The fourth-order valence-corrected chi connectivity index (χ4v) is 1.99. The van der Waals surface area contributed by atoms with E-state index in [0.29, 0.717) is 11.8 Å². The van der Waals surface area contributed by atoms with Gasteiger partial charge in [0.15, 0.2) is 0 Å². The topological polar surface area (TPSA) is 49.4 Å². The van der Waals surface area contributed by atoms with Crippen LogP contribution in [0.15, 0.2) is 0 Å². The van der Waals surface area contributed by atoms with Crippen LogP contribution >= 0.6 is 11.8 Å². The van der Waals surface area contributed by atoms with Gasteiger partial charge < -0.3 is 5.32 Å². The zero-order chi connectivity index (χ0) is 10.6. The number of rotatable bonds is 5. The van der Waals surface area contributed by atoms with E-state index in [-0.39, 0.29) is 18.5 Å². The Balaban J connectivity index is 2.17. The summed E-state index contributed by atoms with van der Waals surface area (Å²) in [6.07, 6.45) is 0.877. The molecule has 80 valence electrons. The van der Waals surface area contributed by atoms with Gasteiger partial charge in [-0.15, -0.1) is 0 Å². The maximum absolute atomic E-state index is 11.1. The van der Waals surface area contributed by atoms with Crippen LogP contribution in [0.3, 0.4) is 0 Å². The zero-order valence-corrected chi connectivity index (χ0v) is 9.39. The molecule has 1 rings (SSSR count). The second-order valence-corrected chi connectivity index (χ2v) is 5.16. The Morgan fingerprint density at radius 2 is 2.21 bits per heavy atom. The van der Waals surface area contributed by atoms with Crippen molar-refractivity contribution < 1.29 is 9.59 Å². The predicted molar refractivity (Wildman–Crippen MR) is 57.3 cm³/mol. The van der Waals surface area contributed by atoms with Crippen LogP contribution in [-0.2, 0) is 4.79 Å². The fraction of sp³-hybridized carbons (Fsp3) is 0.778. The third-order valence-corrected chi connectivity index (χ3v) is 3.11. The molecule has 0 aromatic carbocycles. The van der Waals surface area contributed by atoms with Crippen LogP contribution in [0.4, 0.5) is 4.79 Å². The summed E-state index contributed by atoms with van der Waals surface area (Å²) in [4.78, 5) is 23.5. The molecule has 1 aliphatic heterocycles. The van der Waals surface area contributed by atoms with Crippen molar-refractivity contribution in [2.24, 2.45) is 0 Å². The number of hydrogen-bond acceptors (Lipinski definition) is 3. The van der Waals surface area contributed by atoms with Gasteiger partial charge in [-0.3, -0.25) is 9.69 Å². The molecular weight excluding hydrogens is 200 g/mol. The van der Waals surface area contributed by atoms with E-state index in [9.17, 15) is 9.59 Å². The third-order valence-electron chi connectivity index (χ3n) is 1.91. The van der Waals surface area contributed by atoms with E-state index in [1.165, 1.54) is 4.90 Å². The van der Waals surface area contributed by atoms with Gasteiger partial charge in [0, 0.05) is 6.54 Å². The summed E-state index contributed by atoms with van der Waals surface area (Å²) in [5.41, 5.74) is 0. The van der Waals surface area contributed by atoms with Crippen molar-refractivity contribution in [2.75, 3.05) is 18.8 Å². The molecule has 1 N–H and O–H groups in total. The molecule has 1 saturated heterocycles. The van der Waals surface area contributed by atoms with Gasteiger partial charge in [0.2, 0.25) is 5.91 Å². The van der Waals surface area contributed by atoms with Crippen LogP contribution in [0.25, 0.3) is 0 Å². The van der Waals surface area contributed by atoms with Crippen molar-refractivity contribution in [1.29, 1.82) is 0 Å². The van der Waals surface area contributed by atoms with Crippen molar-refractivity contribution in [1.82, 2.24) is 10.2 Å². The summed E-state index contributed by atoms with van der Waals surface area (Å²) < 4.78 is 0. The monoisotopic (exact) mass is 216 g/mol. The maximum Gasteiger partial charge on any atom is 0.324 e. The van der Waals surface area contributed by atoms with Crippen molar-refractivity contribution >= 4 is 23.7 Å². The summed E-state index contributed by atoms with van der Waals surface area (Å²) in [6, 6.07) is -0.246. The first-order valence-electron chi connectivity index (χ1n) is 4.81. The largest absolute Gasteiger partial charge is 0.329 e. The average Bonchev–Trinajstić information content (AvgIpc) is 2.42. The SMILES string of the molecule is CC(C)SCCCN1C(=O)CNC1=O. The van der Waals surface area contributed by atoms with Crippen LogP contribution in [0.5, 0.6) is 0 Å². The molecule has 0 atom stereocenters. The minimum atomic E-state index is -0.246. The average molecular weight is 216 g/mol. The number of amides is 3. The van der Waals surface area contributed by atoms with E-state index >= 15 is 0 Å². The van der Waals surface area contributed by atoms with E-state index in [1.807, 2.05) is 11.8 Å². The van der Waals surface area contributed by atoms with Gasteiger partial charge in [0.05, 0.1) is 6.54 Å². The summed E-state index contributed by atoms with van der Waals surface area (Å²) in [5, 5.41) is 3.11. The lowest BCUT2D eigenvalue weighted by molar-refractivity contribution is -0.124. The minimum absolute atomic E-state index is 0.107. The number of thioether (sulfide) groups is 1. The van der Waals surface area contributed by atoms with Gasteiger partial charge in [-0.1, -0.05) is 13.8 Å². The molecule has 1 aliphatic rings. The smallest absolute Gasteiger partial charge is 0.324 e. The quantitative estimate of drug-likeness (QED) is 0.552. The lowest BCUT2D eigenvalue weighted by atomic mass is 10.4. The highest BCUT2D eigenvalue weighted by Gasteiger charge is 2.27. The Kier molecular flexibility index (Phi) is 4.25. The highest BCUT2D eigenvalue weighted by atomic mass is 32.2. The minimum Gasteiger partial charge on any atom is -0.329 e. The highest BCUT2D eigenvalue weighted by molar-refractivity contribution is 7.99. The molecule has 0 saturated carbocycles. The molecule has 4 nitrogen and oxygen atoms in total. The number of carbonyl (C=O) groups excluding carboxylic acids is 2. The van der Waals surface area contributed by atoms with Crippen molar-refractivity contribution in [3.63, 3.8) is 0 Å². The first-order chi connectivity index (χ1) is 6.61. The Labute approximate surface area is 88.4 Å². The van der Waals surface area contributed by atoms with E-state index in [1.54, 1.807) is 0 Å². The number of hydrogen-bond donors (Lipinski definition) is 1. The van der Waals surface area contributed by atoms with Gasteiger partial charge in [-0.05, 0) is 17.4 Å². The lowest BCUT2D eigenvalue weighted by Crippen LogP contribution is -2.32. The second kappa shape index (κ2) is 5.24. The molecule has 0 aromatic rings. The Morgan fingerprint density at radius 3 is 2.71 bits per heavy atom. The van der Waals surface area contributed by atoms with Crippen LogP contribution in [0, 0.1) is 0 Å². The second-order valence-electron chi connectivity index (χ2n) is 3.48. The fourth-order valence-electron chi connectivity index (χ4n) is 1.22. The predicted octanol–water partition coefficient (Wildman–Crippen LogP) is 1.07. The Hall–Kier alpha value is -0.710. The maximum atomic E-state index is 11.1. The molecule has 0 aliphatic carbocycles. The van der Waals surface area contributed by atoms with Crippen LogP contribution in [0.2, 0.25) is 0 Å². The molecule has 0 spiro atoms. The number of carbonyl (C=O) groups is 2. The summed E-state index contributed by atoms with van der Waals surface area (Å²) in [7, 11) is 0. The van der Waals surface area contributed by atoms with Crippen molar-refractivity contribution in [3.8, 4) is 0 Å². The van der Waals surface area contributed by atoms with E-state index < -0.39 is 0 Å². The van der Waals surface area contributed by atoms with Crippen LogP contribution in [0.1, 0.15) is 20.3 Å². The standard InChI is InChI=1S/C9H16N2O2S/c1-7(2)14-5-3-4-11-8(12)6-10-9(11)13/h7H,3-6H2,1-2H3,(H,10,13). The number of imide groups is 1. The summed E-state index contributed by atoms with van der Waals surface area (Å²) >= 11 is 1.85. The molecular formula is C9H16N2O2S. The first kappa shape index (κ1) is 11.4. The van der Waals surface area contributed by atoms with E-state index in [4.69, 9.17) is 0 Å². The van der Waals surface area contributed by atoms with E-state index in [2.05, 4.69) is 19.2 Å². The van der Waals surface area contributed by atoms with Crippen molar-refractivity contribution in [3.05, 3.63) is 0 Å². The number of nitrogens with one attached hydrogen (secondary N) is 1. The molecule has 0 radical (unpaired) electrons. The highest BCUT2D eigenvalue weighted by Crippen LogP contribution is 2.11. The van der Waals surface area contributed by atoms with Crippen LogP contribution < -0.4 is 5.32 Å². The van der Waals surface area contributed by atoms with Gasteiger partial charge in [0.1, 0.15) is 0 Å². The van der Waals surface area contributed by atoms with Gasteiger partial charge in [-0.25, -0.2) is 4.79 Å². The van der Waals surface area contributed by atoms with Gasteiger partial charge >= 0.3 is 6.03 Å². The Bertz CT molecular complexity index is 215. The van der Waals surface area contributed by atoms with Crippen LogP contribution in [-0.4, -0.2) is 40.9 Å². The van der Waals surface area contributed by atoms with Gasteiger partial charge in [0.25, 0.3) is 0 Å². The molecule has 3 amide bonds. The van der Waals surface area contributed by atoms with E-state index in [0.717, 1.165) is 12.2 Å². The molecule has 1 heterocycles. The summed E-state index contributed by atoms with van der Waals surface area (Å²) in [6.45, 7) is 4.98. The number of nitrogens with zero attached hydrogens (tertiary/aromatic N) is 1. The zero-order valence-electron chi connectivity index (χ0n) is 8.58. The Morgan fingerprint density at radius 1 is 1.50 bits per heavy atom.